The lowest BCUT2D eigenvalue weighted by Gasteiger charge is -2.25. The molecule has 0 atom stereocenters. The van der Waals surface area contributed by atoms with E-state index in [1.54, 1.807) is 4.90 Å². The van der Waals surface area contributed by atoms with E-state index in [0.29, 0.717) is 0 Å². The topological polar surface area (TPSA) is 20.3 Å². The van der Waals surface area contributed by atoms with Gasteiger partial charge in [-0.2, -0.15) is 0 Å². The summed E-state index contributed by atoms with van der Waals surface area (Å²) in [4.78, 5) is 12.4. The maximum atomic E-state index is 10.6. The minimum absolute atomic E-state index is 0.842. The molecule has 0 aliphatic carbocycles. The number of benzene rings is 1. The number of nitrogens with zero attached hydrogens (tertiary/aromatic N) is 1. The minimum Gasteiger partial charge on any atom is -0.315 e. The Hall–Kier alpha value is -1.31. The summed E-state index contributed by atoms with van der Waals surface area (Å²) in [5, 5.41) is 0. The van der Waals surface area contributed by atoms with Crippen molar-refractivity contribution in [2.24, 2.45) is 0 Å². The summed E-state index contributed by atoms with van der Waals surface area (Å²) >= 11 is 0. The summed E-state index contributed by atoms with van der Waals surface area (Å²) in [6, 6.07) is 8.94. The molecule has 1 radical (unpaired) electrons. The van der Waals surface area contributed by atoms with Crippen molar-refractivity contribution in [2.45, 2.75) is 12.8 Å². The van der Waals surface area contributed by atoms with Crippen molar-refractivity contribution in [2.75, 3.05) is 11.4 Å². The molecule has 0 fully saturated rings. The zero-order valence-electron chi connectivity index (χ0n) is 6.79. The fourth-order valence-electron chi connectivity index (χ4n) is 1.59. The van der Waals surface area contributed by atoms with Gasteiger partial charge in [0.15, 0.2) is 0 Å². The Kier molecular flexibility index (Phi) is 1.82. The SMILES string of the molecule is O=CN1CCCc2[c]cccc21. The maximum absolute atomic E-state index is 10.6. The predicted octanol–water partition coefficient (Wildman–Crippen LogP) is 1.40. The molecule has 1 amide bonds. The van der Waals surface area contributed by atoms with Gasteiger partial charge in [-0.25, -0.2) is 0 Å². The highest BCUT2D eigenvalue weighted by Gasteiger charge is 2.14. The molecule has 1 aliphatic rings. The molecule has 0 spiro atoms. The van der Waals surface area contributed by atoms with E-state index in [1.807, 2.05) is 18.2 Å². The van der Waals surface area contributed by atoms with Crippen molar-refractivity contribution in [1.29, 1.82) is 0 Å². The first-order valence-electron chi connectivity index (χ1n) is 4.13. The first kappa shape index (κ1) is 7.35. The molecule has 2 heteroatoms. The molecule has 0 N–H and O–H groups in total. The number of rotatable bonds is 1. The first-order chi connectivity index (χ1) is 5.92. The summed E-state index contributed by atoms with van der Waals surface area (Å²) < 4.78 is 0. The van der Waals surface area contributed by atoms with Crippen LogP contribution in [0.4, 0.5) is 5.69 Å². The van der Waals surface area contributed by atoms with Crippen LogP contribution in [0.5, 0.6) is 0 Å². The lowest BCUT2D eigenvalue weighted by Crippen LogP contribution is -2.27. The lowest BCUT2D eigenvalue weighted by atomic mass is 10.0. The van der Waals surface area contributed by atoms with Crippen molar-refractivity contribution < 1.29 is 4.79 Å². The van der Waals surface area contributed by atoms with Crippen molar-refractivity contribution in [1.82, 2.24) is 0 Å². The van der Waals surface area contributed by atoms with E-state index >= 15 is 0 Å². The third-order valence-electron chi connectivity index (χ3n) is 2.18. The van der Waals surface area contributed by atoms with E-state index in [2.05, 4.69) is 6.07 Å². The fourth-order valence-corrected chi connectivity index (χ4v) is 1.59. The second-order valence-corrected chi connectivity index (χ2v) is 2.94. The van der Waals surface area contributed by atoms with E-state index < -0.39 is 0 Å². The number of fused-ring (bicyclic) bond motifs is 1. The number of aryl methyl sites for hydroxylation is 1. The predicted molar refractivity (Wildman–Crippen MR) is 47.0 cm³/mol. The van der Waals surface area contributed by atoms with Gasteiger partial charge in [-0.05, 0) is 30.5 Å². The van der Waals surface area contributed by atoms with Crippen LogP contribution < -0.4 is 4.90 Å². The Morgan fingerprint density at radius 2 is 2.50 bits per heavy atom. The van der Waals surface area contributed by atoms with Crippen molar-refractivity contribution in [3.05, 3.63) is 29.8 Å². The van der Waals surface area contributed by atoms with Crippen LogP contribution in [0, 0.1) is 6.07 Å². The van der Waals surface area contributed by atoms with Gasteiger partial charge in [0.1, 0.15) is 0 Å². The fraction of sp³-hybridized carbons (Fsp3) is 0.300. The second-order valence-electron chi connectivity index (χ2n) is 2.94. The third-order valence-corrected chi connectivity index (χ3v) is 2.18. The number of carbonyl (C=O) groups excluding carboxylic acids is 1. The van der Waals surface area contributed by atoms with Crippen LogP contribution in [-0.4, -0.2) is 13.0 Å². The Morgan fingerprint density at radius 3 is 3.33 bits per heavy atom. The normalized spacial score (nSPS) is 15.5. The molecule has 1 aromatic carbocycles. The molecule has 0 saturated carbocycles. The van der Waals surface area contributed by atoms with Crippen LogP contribution in [-0.2, 0) is 11.2 Å². The smallest absolute Gasteiger partial charge is 0.214 e. The van der Waals surface area contributed by atoms with Gasteiger partial charge < -0.3 is 4.90 Å². The Morgan fingerprint density at radius 1 is 1.58 bits per heavy atom. The van der Waals surface area contributed by atoms with Crippen LogP contribution in [0.1, 0.15) is 12.0 Å². The number of hydrogen-bond donors (Lipinski definition) is 0. The number of amides is 1. The molecule has 1 aliphatic heterocycles. The van der Waals surface area contributed by atoms with E-state index in [0.717, 1.165) is 37.0 Å². The van der Waals surface area contributed by atoms with Gasteiger partial charge in [0, 0.05) is 12.2 Å². The maximum Gasteiger partial charge on any atom is 0.214 e. The molecule has 0 aromatic heterocycles. The summed E-state index contributed by atoms with van der Waals surface area (Å²) in [7, 11) is 0. The average Bonchev–Trinajstić information content (AvgIpc) is 2.17. The molecule has 2 nitrogen and oxygen atoms in total. The standard InChI is InChI=1S/C10H10NO/c12-8-11-7-3-5-9-4-1-2-6-10(9)11/h1-2,6,8H,3,5,7H2. The van der Waals surface area contributed by atoms with Gasteiger partial charge >= 0.3 is 0 Å². The second kappa shape index (κ2) is 2.97. The van der Waals surface area contributed by atoms with Crippen molar-refractivity contribution in [3.8, 4) is 0 Å². The van der Waals surface area contributed by atoms with Crippen molar-refractivity contribution >= 4 is 12.1 Å². The Balaban J connectivity index is 2.43. The van der Waals surface area contributed by atoms with Crippen LogP contribution in [0.2, 0.25) is 0 Å². The zero-order valence-corrected chi connectivity index (χ0v) is 6.79. The average molecular weight is 160 g/mol. The van der Waals surface area contributed by atoms with Gasteiger partial charge in [0.25, 0.3) is 0 Å². The largest absolute Gasteiger partial charge is 0.315 e. The highest BCUT2D eigenvalue weighted by molar-refractivity contribution is 5.77. The molecule has 61 valence electrons. The molecule has 0 bridgehead atoms. The van der Waals surface area contributed by atoms with Gasteiger partial charge in [-0.15, -0.1) is 0 Å². The van der Waals surface area contributed by atoms with Gasteiger partial charge in [0.2, 0.25) is 6.41 Å². The molecule has 12 heavy (non-hydrogen) atoms. The Bertz CT molecular complexity index is 296. The van der Waals surface area contributed by atoms with Gasteiger partial charge in [-0.1, -0.05) is 12.1 Å². The van der Waals surface area contributed by atoms with Crippen LogP contribution in [0.3, 0.4) is 0 Å². The third kappa shape index (κ3) is 1.09. The number of anilines is 1. The molecular weight excluding hydrogens is 150 g/mol. The summed E-state index contributed by atoms with van der Waals surface area (Å²) in [5.41, 5.74) is 2.19. The molecule has 0 unspecified atom stereocenters. The summed E-state index contributed by atoms with van der Waals surface area (Å²) in [5.74, 6) is 0. The van der Waals surface area contributed by atoms with Crippen LogP contribution in [0.25, 0.3) is 0 Å². The first-order valence-corrected chi connectivity index (χ1v) is 4.13. The van der Waals surface area contributed by atoms with E-state index in [1.165, 1.54) is 0 Å². The lowest BCUT2D eigenvalue weighted by molar-refractivity contribution is -0.107. The number of carbonyl (C=O) groups is 1. The highest BCUT2D eigenvalue weighted by Crippen LogP contribution is 2.24. The molecule has 2 rings (SSSR count). The minimum atomic E-state index is 0.842. The quantitative estimate of drug-likeness (QED) is 0.568. The zero-order chi connectivity index (χ0) is 8.39. The molecular formula is C10H10NO. The highest BCUT2D eigenvalue weighted by atomic mass is 16.1. The molecule has 1 aromatic rings. The van der Waals surface area contributed by atoms with Crippen LogP contribution >= 0.6 is 0 Å². The number of hydrogen-bond acceptors (Lipinski definition) is 1. The molecule has 1 heterocycles. The van der Waals surface area contributed by atoms with Gasteiger partial charge in [0.05, 0.1) is 0 Å². The summed E-state index contributed by atoms with van der Waals surface area (Å²) in [6.07, 6.45) is 2.98. The Labute approximate surface area is 71.8 Å². The van der Waals surface area contributed by atoms with E-state index in [9.17, 15) is 4.79 Å². The van der Waals surface area contributed by atoms with Crippen molar-refractivity contribution in [3.63, 3.8) is 0 Å². The summed E-state index contributed by atoms with van der Waals surface area (Å²) in [6.45, 7) is 0.842. The van der Waals surface area contributed by atoms with E-state index in [4.69, 9.17) is 0 Å². The molecule has 0 saturated heterocycles. The van der Waals surface area contributed by atoms with E-state index in [-0.39, 0.29) is 0 Å². The monoisotopic (exact) mass is 160 g/mol. The van der Waals surface area contributed by atoms with Crippen LogP contribution in [0.15, 0.2) is 18.2 Å². The van der Waals surface area contributed by atoms with Gasteiger partial charge in [-0.3, -0.25) is 4.79 Å².